The molecule has 2 aromatic rings. The number of hydrogen-bond donors (Lipinski definition) is 3. The minimum atomic E-state index is 0.0349. The van der Waals surface area contributed by atoms with E-state index in [2.05, 4.69) is 25.6 Å². The van der Waals surface area contributed by atoms with Crippen LogP contribution in [0.5, 0.6) is 0 Å². The van der Waals surface area contributed by atoms with Gasteiger partial charge >= 0.3 is 0 Å². The minimum absolute atomic E-state index is 0.0349. The standard InChI is InChI=1S/C11H13N5O/c17-7-6-12-10-13-8-14-11(16-10)15-9-4-2-1-3-5-9/h1-5,8,17H,6-7H2,(H2,12,13,14,15,16). The summed E-state index contributed by atoms with van der Waals surface area (Å²) in [6, 6.07) is 9.63. The highest BCUT2D eigenvalue weighted by atomic mass is 16.3. The van der Waals surface area contributed by atoms with Crippen molar-refractivity contribution in [2.45, 2.75) is 0 Å². The van der Waals surface area contributed by atoms with Crippen LogP contribution in [0.3, 0.4) is 0 Å². The molecule has 0 unspecified atom stereocenters. The Kier molecular flexibility index (Phi) is 3.82. The molecule has 0 fully saturated rings. The highest BCUT2D eigenvalue weighted by molar-refractivity contribution is 5.53. The Morgan fingerprint density at radius 3 is 2.59 bits per heavy atom. The number of hydrogen-bond acceptors (Lipinski definition) is 6. The van der Waals surface area contributed by atoms with E-state index >= 15 is 0 Å². The van der Waals surface area contributed by atoms with E-state index in [1.54, 1.807) is 0 Å². The SMILES string of the molecule is OCCNc1ncnc(Nc2ccccc2)n1. The molecule has 0 aliphatic rings. The number of aliphatic hydroxyl groups is 1. The third kappa shape index (κ3) is 3.39. The van der Waals surface area contributed by atoms with Gasteiger partial charge in [-0.15, -0.1) is 0 Å². The van der Waals surface area contributed by atoms with Crippen molar-refractivity contribution < 1.29 is 5.11 Å². The topological polar surface area (TPSA) is 83.0 Å². The van der Waals surface area contributed by atoms with Crippen molar-refractivity contribution in [2.75, 3.05) is 23.8 Å². The van der Waals surface area contributed by atoms with Crippen LogP contribution in [0.2, 0.25) is 0 Å². The average Bonchev–Trinajstić information content (AvgIpc) is 2.38. The molecular weight excluding hydrogens is 218 g/mol. The van der Waals surface area contributed by atoms with Gasteiger partial charge in [0.15, 0.2) is 0 Å². The van der Waals surface area contributed by atoms with Gasteiger partial charge in [-0.25, -0.2) is 9.97 Å². The normalized spacial score (nSPS) is 9.94. The summed E-state index contributed by atoms with van der Waals surface area (Å²) >= 11 is 0. The molecule has 0 aliphatic carbocycles. The van der Waals surface area contributed by atoms with Gasteiger partial charge in [0.25, 0.3) is 0 Å². The van der Waals surface area contributed by atoms with Gasteiger partial charge in [-0.2, -0.15) is 4.98 Å². The Hall–Kier alpha value is -2.21. The van der Waals surface area contributed by atoms with Crippen molar-refractivity contribution in [3.63, 3.8) is 0 Å². The largest absolute Gasteiger partial charge is 0.395 e. The van der Waals surface area contributed by atoms with E-state index in [1.165, 1.54) is 6.33 Å². The smallest absolute Gasteiger partial charge is 0.231 e. The Bertz CT molecular complexity index is 462. The maximum absolute atomic E-state index is 8.68. The van der Waals surface area contributed by atoms with Gasteiger partial charge in [0.1, 0.15) is 6.33 Å². The monoisotopic (exact) mass is 231 g/mol. The number of anilines is 3. The summed E-state index contributed by atoms with van der Waals surface area (Å²) in [6.45, 7) is 0.446. The van der Waals surface area contributed by atoms with Crippen LogP contribution < -0.4 is 10.6 Å². The van der Waals surface area contributed by atoms with E-state index in [-0.39, 0.29) is 6.61 Å². The van der Waals surface area contributed by atoms with E-state index in [0.717, 1.165) is 5.69 Å². The molecule has 17 heavy (non-hydrogen) atoms. The van der Waals surface area contributed by atoms with Crippen LogP contribution in [0.25, 0.3) is 0 Å². The lowest BCUT2D eigenvalue weighted by Crippen LogP contribution is -2.10. The van der Waals surface area contributed by atoms with Crippen molar-refractivity contribution in [1.82, 2.24) is 15.0 Å². The molecule has 0 radical (unpaired) electrons. The van der Waals surface area contributed by atoms with Gasteiger partial charge in [-0.3, -0.25) is 0 Å². The molecule has 0 saturated heterocycles. The number of aromatic nitrogens is 3. The molecule has 0 amide bonds. The molecule has 0 saturated carbocycles. The summed E-state index contributed by atoms with van der Waals surface area (Å²) < 4.78 is 0. The molecule has 0 atom stereocenters. The first-order valence-electron chi connectivity index (χ1n) is 5.24. The molecule has 1 heterocycles. The van der Waals surface area contributed by atoms with Crippen LogP contribution in [0.15, 0.2) is 36.7 Å². The second-order valence-corrected chi connectivity index (χ2v) is 3.27. The Balaban J connectivity index is 2.06. The first kappa shape index (κ1) is 11.3. The van der Waals surface area contributed by atoms with Crippen molar-refractivity contribution in [1.29, 1.82) is 0 Å². The second kappa shape index (κ2) is 5.76. The first-order chi connectivity index (χ1) is 8.38. The molecule has 1 aromatic heterocycles. The Morgan fingerprint density at radius 1 is 1.06 bits per heavy atom. The third-order valence-electron chi connectivity index (χ3n) is 2.00. The number of para-hydroxylation sites is 1. The van der Waals surface area contributed by atoms with Crippen LogP contribution in [-0.4, -0.2) is 33.2 Å². The van der Waals surface area contributed by atoms with Gasteiger partial charge in [0, 0.05) is 12.2 Å². The molecule has 1 aromatic carbocycles. The zero-order chi connectivity index (χ0) is 11.9. The summed E-state index contributed by atoms with van der Waals surface area (Å²) in [5, 5.41) is 14.6. The van der Waals surface area contributed by atoms with Gasteiger partial charge in [-0.1, -0.05) is 18.2 Å². The summed E-state index contributed by atoms with van der Waals surface area (Å²) in [4.78, 5) is 12.1. The fourth-order valence-corrected chi connectivity index (χ4v) is 1.26. The Labute approximate surface area is 98.8 Å². The summed E-state index contributed by atoms with van der Waals surface area (Å²) in [6.07, 6.45) is 1.41. The second-order valence-electron chi connectivity index (χ2n) is 3.27. The predicted molar refractivity (Wildman–Crippen MR) is 65.1 cm³/mol. The number of benzene rings is 1. The Morgan fingerprint density at radius 2 is 1.82 bits per heavy atom. The van der Waals surface area contributed by atoms with Crippen LogP contribution >= 0.6 is 0 Å². The number of nitrogens with zero attached hydrogens (tertiary/aromatic N) is 3. The van der Waals surface area contributed by atoms with Gasteiger partial charge in [0.2, 0.25) is 11.9 Å². The van der Waals surface area contributed by atoms with Gasteiger partial charge in [-0.05, 0) is 12.1 Å². The number of aliphatic hydroxyl groups excluding tert-OH is 1. The lowest BCUT2D eigenvalue weighted by atomic mass is 10.3. The number of rotatable bonds is 5. The fraction of sp³-hybridized carbons (Fsp3) is 0.182. The van der Waals surface area contributed by atoms with Gasteiger partial charge in [0.05, 0.1) is 6.61 Å². The zero-order valence-corrected chi connectivity index (χ0v) is 9.17. The minimum Gasteiger partial charge on any atom is -0.395 e. The first-order valence-corrected chi connectivity index (χ1v) is 5.24. The lowest BCUT2D eigenvalue weighted by molar-refractivity contribution is 0.311. The molecule has 88 valence electrons. The lowest BCUT2D eigenvalue weighted by Gasteiger charge is -2.06. The number of nitrogens with one attached hydrogen (secondary N) is 2. The molecular formula is C11H13N5O. The van der Waals surface area contributed by atoms with Crippen molar-refractivity contribution in [3.05, 3.63) is 36.7 Å². The van der Waals surface area contributed by atoms with Crippen LogP contribution in [0, 0.1) is 0 Å². The molecule has 0 bridgehead atoms. The van der Waals surface area contributed by atoms with E-state index in [0.29, 0.717) is 18.4 Å². The molecule has 6 nitrogen and oxygen atoms in total. The average molecular weight is 231 g/mol. The van der Waals surface area contributed by atoms with E-state index in [4.69, 9.17) is 5.11 Å². The summed E-state index contributed by atoms with van der Waals surface area (Å²) in [5.74, 6) is 0.902. The molecule has 6 heteroatoms. The van der Waals surface area contributed by atoms with Gasteiger partial charge < -0.3 is 15.7 Å². The summed E-state index contributed by atoms with van der Waals surface area (Å²) in [7, 11) is 0. The predicted octanol–water partition coefficient (Wildman–Crippen LogP) is 1.02. The van der Waals surface area contributed by atoms with Crippen molar-refractivity contribution >= 4 is 17.6 Å². The van der Waals surface area contributed by atoms with Crippen molar-refractivity contribution in [2.24, 2.45) is 0 Å². The zero-order valence-electron chi connectivity index (χ0n) is 9.17. The molecule has 0 spiro atoms. The van der Waals surface area contributed by atoms with Crippen LogP contribution in [0.4, 0.5) is 17.6 Å². The van der Waals surface area contributed by atoms with E-state index in [1.807, 2.05) is 30.3 Å². The highest BCUT2D eigenvalue weighted by Crippen LogP contribution is 2.11. The maximum Gasteiger partial charge on any atom is 0.231 e. The summed E-state index contributed by atoms with van der Waals surface area (Å²) in [5.41, 5.74) is 0.909. The van der Waals surface area contributed by atoms with Crippen LogP contribution in [-0.2, 0) is 0 Å². The maximum atomic E-state index is 8.68. The molecule has 3 N–H and O–H groups in total. The van der Waals surface area contributed by atoms with Crippen molar-refractivity contribution in [3.8, 4) is 0 Å². The van der Waals surface area contributed by atoms with Crippen LogP contribution in [0.1, 0.15) is 0 Å². The van der Waals surface area contributed by atoms with E-state index < -0.39 is 0 Å². The van der Waals surface area contributed by atoms with E-state index in [9.17, 15) is 0 Å². The highest BCUT2D eigenvalue weighted by Gasteiger charge is 2.00. The fourth-order valence-electron chi connectivity index (χ4n) is 1.26. The molecule has 0 aliphatic heterocycles. The molecule has 2 rings (SSSR count). The quantitative estimate of drug-likeness (QED) is 0.712. The third-order valence-corrected chi connectivity index (χ3v) is 2.00.